The third-order valence-corrected chi connectivity index (χ3v) is 5.32. The maximum atomic E-state index is 12.2. The molecule has 0 bridgehead atoms. The summed E-state index contributed by atoms with van der Waals surface area (Å²) < 4.78 is 9.33. The Morgan fingerprint density at radius 3 is 2.60 bits per heavy atom. The molecule has 0 saturated heterocycles. The van der Waals surface area contributed by atoms with Gasteiger partial charge in [-0.15, -0.1) is 23.2 Å². The molecule has 2 aromatic rings. The van der Waals surface area contributed by atoms with Gasteiger partial charge >= 0.3 is 11.6 Å². The molecule has 1 fully saturated rings. The summed E-state index contributed by atoms with van der Waals surface area (Å²) in [4.78, 5) is 35.1. The van der Waals surface area contributed by atoms with Crippen LogP contribution in [0.3, 0.4) is 0 Å². The summed E-state index contributed by atoms with van der Waals surface area (Å²) in [6, 6.07) is 6.14. The van der Waals surface area contributed by atoms with E-state index in [2.05, 4.69) is 5.32 Å². The van der Waals surface area contributed by atoms with Crippen LogP contribution in [-0.2, 0) is 20.9 Å². The van der Waals surface area contributed by atoms with Crippen LogP contribution < -0.4 is 10.9 Å². The molecule has 132 valence electrons. The summed E-state index contributed by atoms with van der Waals surface area (Å²) in [7, 11) is 0. The Bertz CT molecular complexity index is 936. The highest BCUT2D eigenvalue weighted by Gasteiger charge is 2.69. The number of fused-ring (bicyclic) bond motifs is 1. The van der Waals surface area contributed by atoms with Crippen LogP contribution in [0.4, 0.5) is 5.69 Å². The molecule has 1 N–H and O–H groups in total. The molecular formula is C17H15Cl2NO5. The second-order valence-corrected chi connectivity index (χ2v) is 7.76. The van der Waals surface area contributed by atoms with Crippen LogP contribution in [0.5, 0.6) is 0 Å². The molecule has 1 aromatic carbocycles. The molecule has 1 amide bonds. The van der Waals surface area contributed by atoms with Gasteiger partial charge in [0.25, 0.3) is 0 Å². The van der Waals surface area contributed by atoms with Crippen LogP contribution in [0.15, 0.2) is 33.5 Å². The molecule has 1 aliphatic carbocycles. The predicted molar refractivity (Wildman–Crippen MR) is 93.7 cm³/mol. The Balaban J connectivity index is 1.85. The molecule has 0 radical (unpaired) electrons. The van der Waals surface area contributed by atoms with Gasteiger partial charge in [0.05, 0.1) is 0 Å². The van der Waals surface area contributed by atoms with E-state index in [1.54, 1.807) is 19.1 Å². The van der Waals surface area contributed by atoms with Gasteiger partial charge in [-0.2, -0.15) is 0 Å². The maximum absolute atomic E-state index is 12.2. The fraction of sp³-hybridized carbons (Fsp3) is 0.353. The number of alkyl halides is 2. The third kappa shape index (κ3) is 3.37. The zero-order valence-electron chi connectivity index (χ0n) is 13.5. The number of esters is 1. The van der Waals surface area contributed by atoms with Crippen molar-refractivity contribution >= 4 is 51.7 Å². The zero-order valence-corrected chi connectivity index (χ0v) is 15.0. The molecule has 1 heterocycles. The molecule has 25 heavy (non-hydrogen) atoms. The van der Waals surface area contributed by atoms with Gasteiger partial charge in [0.1, 0.15) is 21.9 Å². The first-order chi connectivity index (χ1) is 11.6. The van der Waals surface area contributed by atoms with Crippen molar-refractivity contribution in [3.8, 4) is 0 Å². The largest absolute Gasteiger partial charge is 0.460 e. The van der Waals surface area contributed by atoms with Gasteiger partial charge in [0.15, 0.2) is 0 Å². The number of anilines is 1. The van der Waals surface area contributed by atoms with E-state index in [9.17, 15) is 14.4 Å². The first kappa shape index (κ1) is 17.8. The average Bonchev–Trinajstić information content (AvgIpc) is 3.03. The standard InChI is InChI=1S/C17H15Cl2NO5/c1-9(21)20-11-3-4-12-10(5-14(22)25-13(12)6-11)7-24-15(23)16(2)8-17(16,18)19/h3-6H,7-8H2,1-2H3,(H,20,21). The van der Waals surface area contributed by atoms with Crippen LogP contribution in [0, 0.1) is 5.41 Å². The monoisotopic (exact) mass is 383 g/mol. The van der Waals surface area contributed by atoms with Gasteiger partial charge in [0, 0.05) is 42.1 Å². The minimum Gasteiger partial charge on any atom is -0.460 e. The van der Waals surface area contributed by atoms with E-state index in [-0.39, 0.29) is 18.1 Å². The highest BCUT2D eigenvalue weighted by Crippen LogP contribution is 2.64. The number of benzene rings is 1. The van der Waals surface area contributed by atoms with Gasteiger partial charge in [-0.05, 0) is 19.1 Å². The Kier molecular flexibility index (Phi) is 4.29. The van der Waals surface area contributed by atoms with Crippen molar-refractivity contribution in [3.63, 3.8) is 0 Å². The molecule has 1 atom stereocenters. The van der Waals surface area contributed by atoms with Crippen LogP contribution in [-0.4, -0.2) is 16.2 Å². The molecule has 0 spiro atoms. The molecule has 1 unspecified atom stereocenters. The van der Waals surface area contributed by atoms with Crippen molar-refractivity contribution in [3.05, 3.63) is 40.2 Å². The number of hydrogen-bond donors (Lipinski definition) is 1. The van der Waals surface area contributed by atoms with Crippen LogP contribution >= 0.6 is 23.2 Å². The fourth-order valence-electron chi connectivity index (χ4n) is 2.55. The van der Waals surface area contributed by atoms with E-state index >= 15 is 0 Å². The Morgan fingerprint density at radius 1 is 1.32 bits per heavy atom. The maximum Gasteiger partial charge on any atom is 0.336 e. The van der Waals surface area contributed by atoms with Gasteiger partial charge in [0.2, 0.25) is 5.91 Å². The lowest BCUT2D eigenvalue weighted by Gasteiger charge is -2.13. The fourth-order valence-corrected chi connectivity index (χ4v) is 3.24. The number of rotatable bonds is 4. The third-order valence-electron chi connectivity index (χ3n) is 4.22. The summed E-state index contributed by atoms with van der Waals surface area (Å²) in [5, 5.41) is 3.21. The van der Waals surface area contributed by atoms with Crippen LogP contribution in [0.25, 0.3) is 11.0 Å². The van der Waals surface area contributed by atoms with Crippen molar-refractivity contribution < 1.29 is 18.7 Å². The van der Waals surface area contributed by atoms with Gasteiger partial charge in [-0.25, -0.2) is 4.79 Å². The first-order valence-electron chi connectivity index (χ1n) is 7.52. The minimum atomic E-state index is -1.12. The predicted octanol–water partition coefficient (Wildman–Crippen LogP) is 3.38. The SMILES string of the molecule is CC(=O)Nc1ccc2c(COC(=O)C3(C)CC3(Cl)Cl)cc(=O)oc2c1. The van der Waals surface area contributed by atoms with Crippen molar-refractivity contribution in [1.29, 1.82) is 0 Å². The Hall–Kier alpha value is -2.05. The molecule has 1 aliphatic rings. The normalized spacial score (nSPS) is 21.0. The lowest BCUT2D eigenvalue weighted by molar-refractivity contribution is -0.150. The van der Waals surface area contributed by atoms with E-state index < -0.39 is 21.3 Å². The van der Waals surface area contributed by atoms with E-state index in [1.807, 2.05) is 0 Å². The topological polar surface area (TPSA) is 85.6 Å². The lowest BCUT2D eigenvalue weighted by Crippen LogP contribution is -2.21. The molecule has 1 aromatic heterocycles. The van der Waals surface area contributed by atoms with Crippen molar-refractivity contribution in [1.82, 2.24) is 0 Å². The second-order valence-electron chi connectivity index (χ2n) is 6.27. The smallest absolute Gasteiger partial charge is 0.336 e. The minimum absolute atomic E-state index is 0.111. The summed E-state index contributed by atoms with van der Waals surface area (Å²) in [6.07, 6.45) is 0.319. The Morgan fingerprint density at radius 2 is 2.00 bits per heavy atom. The molecule has 1 saturated carbocycles. The summed E-state index contributed by atoms with van der Waals surface area (Å²) in [5.41, 5.74) is -0.249. The number of halogens is 2. The number of ether oxygens (including phenoxy) is 1. The zero-order chi connectivity index (χ0) is 18.4. The number of amides is 1. The highest BCUT2D eigenvalue weighted by atomic mass is 35.5. The van der Waals surface area contributed by atoms with Crippen molar-refractivity contribution in [2.45, 2.75) is 31.2 Å². The van der Waals surface area contributed by atoms with Crippen molar-refractivity contribution in [2.24, 2.45) is 5.41 Å². The van der Waals surface area contributed by atoms with Crippen molar-refractivity contribution in [2.75, 3.05) is 5.32 Å². The highest BCUT2D eigenvalue weighted by molar-refractivity contribution is 6.53. The van der Waals surface area contributed by atoms with E-state index in [1.165, 1.54) is 19.1 Å². The van der Waals surface area contributed by atoms with Gasteiger partial charge < -0.3 is 14.5 Å². The quantitative estimate of drug-likeness (QED) is 0.496. The molecule has 6 nitrogen and oxygen atoms in total. The van der Waals surface area contributed by atoms with E-state index in [0.29, 0.717) is 23.1 Å². The summed E-state index contributed by atoms with van der Waals surface area (Å²) in [5.74, 6) is -0.760. The van der Waals surface area contributed by atoms with Gasteiger partial charge in [-0.3, -0.25) is 9.59 Å². The number of carbonyl (C=O) groups excluding carboxylic acids is 2. The molecular weight excluding hydrogens is 369 g/mol. The van der Waals surface area contributed by atoms with E-state index in [0.717, 1.165) is 0 Å². The molecule has 0 aliphatic heterocycles. The number of hydrogen-bond acceptors (Lipinski definition) is 5. The second kappa shape index (κ2) is 6.04. The Labute approximate surface area is 153 Å². The van der Waals surface area contributed by atoms with Gasteiger partial charge in [-0.1, -0.05) is 0 Å². The average molecular weight is 384 g/mol. The van der Waals surface area contributed by atoms with E-state index in [4.69, 9.17) is 32.4 Å². The molecule has 8 heteroatoms. The summed E-state index contributed by atoms with van der Waals surface area (Å²) >= 11 is 11.9. The lowest BCUT2D eigenvalue weighted by atomic mass is 10.1. The van der Waals surface area contributed by atoms with Crippen LogP contribution in [0.2, 0.25) is 0 Å². The number of carbonyl (C=O) groups is 2. The number of nitrogens with one attached hydrogen (secondary N) is 1. The first-order valence-corrected chi connectivity index (χ1v) is 8.27. The van der Waals surface area contributed by atoms with Crippen LogP contribution in [0.1, 0.15) is 25.8 Å². The molecule has 3 rings (SSSR count). The summed E-state index contributed by atoms with van der Waals surface area (Å²) in [6.45, 7) is 2.90.